The van der Waals surface area contributed by atoms with Gasteiger partial charge in [0.25, 0.3) is 5.91 Å². The SMILES string of the molecule is CN(Cc1ccccc1)S(=O)(=O)c1ccc(C(=O)Nc2nnc(C(C)(C)C)o2)cc1. The van der Waals surface area contributed by atoms with Crippen molar-refractivity contribution in [1.29, 1.82) is 0 Å². The van der Waals surface area contributed by atoms with Gasteiger partial charge in [-0.25, -0.2) is 8.42 Å². The highest BCUT2D eigenvalue weighted by atomic mass is 32.2. The Morgan fingerprint density at radius 2 is 1.67 bits per heavy atom. The molecule has 1 N–H and O–H groups in total. The molecule has 3 aromatic rings. The van der Waals surface area contributed by atoms with Crippen LogP contribution in [-0.2, 0) is 22.0 Å². The Bertz CT molecular complexity index is 1120. The van der Waals surface area contributed by atoms with Gasteiger partial charge < -0.3 is 4.42 Å². The maximum Gasteiger partial charge on any atom is 0.322 e. The first-order valence-electron chi connectivity index (χ1n) is 9.33. The van der Waals surface area contributed by atoms with E-state index in [1.54, 1.807) is 0 Å². The average molecular weight is 429 g/mol. The van der Waals surface area contributed by atoms with Crippen LogP contribution in [0.25, 0.3) is 0 Å². The zero-order valence-corrected chi connectivity index (χ0v) is 18.1. The smallest absolute Gasteiger partial charge is 0.322 e. The van der Waals surface area contributed by atoms with Crippen molar-refractivity contribution in [2.45, 2.75) is 37.6 Å². The molecule has 9 heteroatoms. The van der Waals surface area contributed by atoms with E-state index in [4.69, 9.17) is 4.42 Å². The molecule has 1 amide bonds. The molecule has 3 rings (SSSR count). The normalized spacial score (nSPS) is 12.2. The Balaban J connectivity index is 1.70. The maximum absolute atomic E-state index is 12.8. The molecule has 2 aromatic carbocycles. The summed E-state index contributed by atoms with van der Waals surface area (Å²) in [6.45, 7) is 6.00. The van der Waals surface area contributed by atoms with Gasteiger partial charge in [-0.1, -0.05) is 56.2 Å². The molecule has 0 aliphatic rings. The Kier molecular flexibility index (Phi) is 6.04. The molecule has 0 aliphatic heterocycles. The number of hydrogen-bond acceptors (Lipinski definition) is 6. The summed E-state index contributed by atoms with van der Waals surface area (Å²) in [5.74, 6) is -0.0682. The van der Waals surface area contributed by atoms with Gasteiger partial charge in [0.15, 0.2) is 0 Å². The second-order valence-corrected chi connectivity index (χ2v) is 9.93. The van der Waals surface area contributed by atoms with Gasteiger partial charge in [-0.05, 0) is 29.8 Å². The number of nitrogens with zero attached hydrogens (tertiary/aromatic N) is 3. The Morgan fingerprint density at radius 3 is 2.23 bits per heavy atom. The first kappa shape index (κ1) is 21.7. The van der Waals surface area contributed by atoms with E-state index in [2.05, 4.69) is 15.5 Å². The lowest BCUT2D eigenvalue weighted by Crippen LogP contribution is -2.26. The lowest BCUT2D eigenvalue weighted by Gasteiger charge is -2.17. The van der Waals surface area contributed by atoms with Gasteiger partial charge in [0.2, 0.25) is 15.9 Å². The number of hydrogen-bond donors (Lipinski definition) is 1. The largest absolute Gasteiger partial charge is 0.407 e. The molecule has 30 heavy (non-hydrogen) atoms. The highest BCUT2D eigenvalue weighted by molar-refractivity contribution is 7.89. The topological polar surface area (TPSA) is 105 Å². The molecule has 0 unspecified atom stereocenters. The number of carbonyl (C=O) groups excluding carboxylic acids is 1. The third kappa shape index (κ3) is 4.92. The summed E-state index contributed by atoms with van der Waals surface area (Å²) >= 11 is 0. The van der Waals surface area contributed by atoms with Crippen LogP contribution >= 0.6 is 0 Å². The van der Waals surface area contributed by atoms with Crippen LogP contribution in [0.2, 0.25) is 0 Å². The van der Waals surface area contributed by atoms with Crippen LogP contribution < -0.4 is 5.32 Å². The van der Waals surface area contributed by atoms with Gasteiger partial charge >= 0.3 is 6.01 Å². The Hall–Kier alpha value is -3.04. The molecule has 0 radical (unpaired) electrons. The highest BCUT2D eigenvalue weighted by Crippen LogP contribution is 2.22. The van der Waals surface area contributed by atoms with Crippen molar-refractivity contribution in [2.24, 2.45) is 0 Å². The predicted octanol–water partition coefficient (Wildman–Crippen LogP) is 3.44. The van der Waals surface area contributed by atoms with Crippen molar-refractivity contribution in [3.8, 4) is 0 Å². The van der Waals surface area contributed by atoms with Crippen molar-refractivity contribution in [2.75, 3.05) is 12.4 Å². The van der Waals surface area contributed by atoms with Crippen LogP contribution in [0.4, 0.5) is 6.01 Å². The number of aromatic nitrogens is 2. The van der Waals surface area contributed by atoms with Crippen LogP contribution in [0.15, 0.2) is 63.9 Å². The number of anilines is 1. The van der Waals surface area contributed by atoms with Gasteiger partial charge in [0.1, 0.15) is 0 Å². The zero-order chi connectivity index (χ0) is 21.9. The van der Waals surface area contributed by atoms with E-state index in [9.17, 15) is 13.2 Å². The van der Waals surface area contributed by atoms with E-state index < -0.39 is 15.9 Å². The Labute approximate surface area is 176 Å². The minimum Gasteiger partial charge on any atom is -0.407 e. The summed E-state index contributed by atoms with van der Waals surface area (Å²) in [6, 6.07) is 15.0. The summed E-state index contributed by atoms with van der Waals surface area (Å²) in [7, 11) is -2.17. The summed E-state index contributed by atoms with van der Waals surface area (Å²) < 4.78 is 32.3. The van der Waals surface area contributed by atoms with Gasteiger partial charge in [0, 0.05) is 24.6 Å². The average Bonchev–Trinajstić information content (AvgIpc) is 3.18. The molecular weight excluding hydrogens is 404 g/mol. The van der Waals surface area contributed by atoms with Gasteiger partial charge in [-0.3, -0.25) is 10.1 Å². The third-order valence-electron chi connectivity index (χ3n) is 4.36. The molecule has 0 aliphatic carbocycles. The minimum atomic E-state index is -3.69. The predicted molar refractivity (Wildman–Crippen MR) is 112 cm³/mol. The number of sulfonamides is 1. The maximum atomic E-state index is 12.8. The van der Waals surface area contributed by atoms with E-state index in [-0.39, 0.29) is 28.4 Å². The van der Waals surface area contributed by atoms with Gasteiger partial charge in [0.05, 0.1) is 4.90 Å². The summed E-state index contributed by atoms with van der Waals surface area (Å²) in [5, 5.41) is 10.3. The second kappa shape index (κ2) is 8.37. The van der Waals surface area contributed by atoms with Crippen LogP contribution in [0.5, 0.6) is 0 Å². The molecule has 0 fully saturated rings. The summed E-state index contributed by atoms with van der Waals surface area (Å²) in [5.41, 5.74) is 0.821. The fourth-order valence-corrected chi connectivity index (χ4v) is 3.79. The van der Waals surface area contributed by atoms with E-state index >= 15 is 0 Å². The van der Waals surface area contributed by atoms with Gasteiger partial charge in [-0.15, -0.1) is 5.10 Å². The minimum absolute atomic E-state index is 0.00998. The Morgan fingerprint density at radius 1 is 1.03 bits per heavy atom. The third-order valence-corrected chi connectivity index (χ3v) is 6.18. The van der Waals surface area contributed by atoms with E-state index in [0.717, 1.165) is 5.56 Å². The van der Waals surface area contributed by atoms with E-state index in [1.807, 2.05) is 51.1 Å². The van der Waals surface area contributed by atoms with E-state index in [1.165, 1.54) is 35.6 Å². The fraction of sp³-hybridized carbons (Fsp3) is 0.286. The molecule has 0 spiro atoms. The first-order chi connectivity index (χ1) is 14.1. The molecule has 0 saturated carbocycles. The van der Waals surface area contributed by atoms with Crippen molar-refractivity contribution in [3.05, 3.63) is 71.6 Å². The molecule has 0 bridgehead atoms. The molecule has 1 aromatic heterocycles. The van der Waals surface area contributed by atoms with Crippen LogP contribution in [0, 0.1) is 0 Å². The molecular formula is C21H24N4O4S. The number of carbonyl (C=O) groups is 1. The first-order valence-corrected chi connectivity index (χ1v) is 10.8. The summed E-state index contributed by atoms with van der Waals surface area (Å²) in [6.07, 6.45) is 0. The molecule has 1 heterocycles. The summed E-state index contributed by atoms with van der Waals surface area (Å²) in [4.78, 5) is 12.5. The molecule has 8 nitrogen and oxygen atoms in total. The van der Waals surface area contributed by atoms with Crippen LogP contribution in [0.1, 0.15) is 42.6 Å². The van der Waals surface area contributed by atoms with Crippen molar-refractivity contribution >= 4 is 21.9 Å². The van der Waals surface area contributed by atoms with Crippen molar-refractivity contribution in [1.82, 2.24) is 14.5 Å². The second-order valence-electron chi connectivity index (χ2n) is 7.89. The number of benzene rings is 2. The quantitative estimate of drug-likeness (QED) is 0.645. The lowest BCUT2D eigenvalue weighted by atomic mass is 9.97. The molecule has 158 valence electrons. The fourth-order valence-electron chi connectivity index (χ4n) is 2.63. The zero-order valence-electron chi connectivity index (χ0n) is 17.3. The standard InChI is InChI=1S/C21H24N4O4S/c1-21(2,3)19-23-24-20(29-19)22-18(26)16-10-12-17(13-11-16)30(27,28)25(4)14-15-8-6-5-7-9-15/h5-13H,14H2,1-4H3,(H,22,24,26). The van der Waals surface area contributed by atoms with Crippen LogP contribution in [0.3, 0.4) is 0 Å². The number of amides is 1. The monoisotopic (exact) mass is 428 g/mol. The van der Waals surface area contributed by atoms with Crippen molar-refractivity contribution in [3.63, 3.8) is 0 Å². The highest BCUT2D eigenvalue weighted by Gasteiger charge is 2.23. The molecule has 0 atom stereocenters. The lowest BCUT2D eigenvalue weighted by molar-refractivity contribution is 0.102. The molecule has 0 saturated heterocycles. The number of nitrogens with one attached hydrogen (secondary N) is 1. The van der Waals surface area contributed by atoms with E-state index in [0.29, 0.717) is 5.89 Å². The number of rotatable bonds is 6. The van der Waals surface area contributed by atoms with Gasteiger partial charge in [-0.2, -0.15) is 4.31 Å². The van der Waals surface area contributed by atoms with Crippen LogP contribution in [-0.4, -0.2) is 35.9 Å². The van der Waals surface area contributed by atoms with Crippen molar-refractivity contribution < 1.29 is 17.6 Å².